The average molecular weight is 399 g/mol. The Labute approximate surface area is 165 Å². The van der Waals surface area contributed by atoms with Gasteiger partial charge in [-0.1, -0.05) is 41.4 Å². The van der Waals surface area contributed by atoms with Crippen LogP contribution in [0, 0.1) is 11.3 Å². The van der Waals surface area contributed by atoms with Crippen LogP contribution in [-0.4, -0.2) is 11.0 Å². The van der Waals surface area contributed by atoms with Gasteiger partial charge >= 0.3 is 0 Å². The quantitative estimate of drug-likeness (QED) is 0.597. The molecule has 1 amide bonds. The first-order valence-electron chi connectivity index (χ1n) is 7.74. The third kappa shape index (κ3) is 4.32. The van der Waals surface area contributed by atoms with Gasteiger partial charge in [-0.2, -0.15) is 5.26 Å². The molecule has 0 heterocycles. The molecule has 3 aromatic rings. The molecule has 2 N–H and O–H groups in total. The molecular weight excluding hydrogens is 387 g/mol. The van der Waals surface area contributed by atoms with Crippen molar-refractivity contribution in [2.75, 3.05) is 5.32 Å². The van der Waals surface area contributed by atoms with Crippen LogP contribution in [-0.2, 0) is 0 Å². The van der Waals surface area contributed by atoms with Crippen LogP contribution < -0.4 is 10.1 Å². The number of rotatable bonds is 4. The van der Waals surface area contributed by atoms with Gasteiger partial charge in [-0.05, 0) is 42.5 Å². The number of nitriles is 1. The summed E-state index contributed by atoms with van der Waals surface area (Å²) in [5.74, 6) is -0.300. The molecule has 0 fully saturated rings. The number of hydrogen-bond donors (Lipinski definition) is 2. The van der Waals surface area contributed by atoms with E-state index in [2.05, 4.69) is 5.32 Å². The SMILES string of the molecule is N#Cc1cc(Cl)c(Oc2ccc(O)c(C(=O)Nc3ccccc3)c2)c(Cl)c1. The van der Waals surface area contributed by atoms with Crippen molar-refractivity contribution >= 4 is 34.8 Å². The van der Waals surface area contributed by atoms with Gasteiger partial charge in [0.25, 0.3) is 5.91 Å². The molecule has 0 saturated heterocycles. The molecule has 5 nitrogen and oxygen atoms in total. The van der Waals surface area contributed by atoms with Crippen LogP contribution in [0.1, 0.15) is 15.9 Å². The number of phenolic OH excluding ortho intramolecular Hbond substituents is 1. The third-order valence-corrected chi connectivity index (χ3v) is 4.15. The van der Waals surface area contributed by atoms with Crippen molar-refractivity contribution in [1.29, 1.82) is 5.26 Å². The number of halogens is 2. The molecule has 7 heteroatoms. The van der Waals surface area contributed by atoms with Crippen LogP contribution in [0.5, 0.6) is 17.2 Å². The van der Waals surface area contributed by atoms with Crippen LogP contribution in [0.15, 0.2) is 60.7 Å². The number of amides is 1. The monoisotopic (exact) mass is 398 g/mol. The second-order valence-electron chi connectivity index (χ2n) is 5.48. The van der Waals surface area contributed by atoms with Gasteiger partial charge in [-0.15, -0.1) is 0 Å². The minimum Gasteiger partial charge on any atom is -0.507 e. The van der Waals surface area contributed by atoms with E-state index in [1.165, 1.54) is 30.3 Å². The van der Waals surface area contributed by atoms with E-state index in [1.807, 2.05) is 12.1 Å². The van der Waals surface area contributed by atoms with E-state index in [0.29, 0.717) is 11.3 Å². The van der Waals surface area contributed by atoms with Crippen LogP contribution in [0.25, 0.3) is 0 Å². The van der Waals surface area contributed by atoms with Gasteiger partial charge in [0.1, 0.15) is 11.5 Å². The fraction of sp³-hybridized carbons (Fsp3) is 0. The summed E-state index contributed by atoms with van der Waals surface area (Å²) in [5, 5.41) is 22.0. The van der Waals surface area contributed by atoms with Crippen molar-refractivity contribution < 1.29 is 14.6 Å². The predicted octanol–water partition coefficient (Wildman–Crippen LogP) is 5.62. The molecule has 0 saturated carbocycles. The standard InChI is InChI=1S/C20H12Cl2N2O3/c21-16-8-12(11-23)9-17(22)19(16)27-14-6-7-18(25)15(10-14)20(26)24-13-4-2-1-3-5-13/h1-10,25H,(H,24,26). The van der Waals surface area contributed by atoms with E-state index < -0.39 is 5.91 Å². The lowest BCUT2D eigenvalue weighted by atomic mass is 10.1. The van der Waals surface area contributed by atoms with Crippen LogP contribution >= 0.6 is 23.2 Å². The summed E-state index contributed by atoms with van der Waals surface area (Å²) in [6.45, 7) is 0. The van der Waals surface area contributed by atoms with Crippen molar-refractivity contribution in [3.05, 3.63) is 81.8 Å². The Bertz CT molecular complexity index is 1020. The number of carbonyl (C=O) groups excluding carboxylic acids is 1. The van der Waals surface area contributed by atoms with Gasteiger partial charge in [0.15, 0.2) is 5.75 Å². The van der Waals surface area contributed by atoms with Gasteiger partial charge in [-0.25, -0.2) is 0 Å². The molecule has 0 aliphatic carbocycles. The minimum absolute atomic E-state index is 0.0252. The molecule has 27 heavy (non-hydrogen) atoms. The van der Waals surface area contributed by atoms with Crippen molar-refractivity contribution in [2.45, 2.75) is 0 Å². The number of ether oxygens (including phenoxy) is 1. The Morgan fingerprint density at radius 2 is 1.70 bits per heavy atom. The topological polar surface area (TPSA) is 82.3 Å². The van der Waals surface area contributed by atoms with Crippen LogP contribution in [0.3, 0.4) is 0 Å². The number of nitrogens with one attached hydrogen (secondary N) is 1. The average Bonchev–Trinajstić information content (AvgIpc) is 2.66. The Morgan fingerprint density at radius 3 is 2.33 bits per heavy atom. The van der Waals surface area contributed by atoms with Crippen molar-refractivity contribution in [3.8, 4) is 23.3 Å². The molecule has 0 spiro atoms. The molecule has 0 unspecified atom stereocenters. The summed E-state index contributed by atoms with van der Waals surface area (Å²) in [5.41, 5.74) is 0.912. The largest absolute Gasteiger partial charge is 0.507 e. The fourth-order valence-electron chi connectivity index (χ4n) is 2.32. The highest BCUT2D eigenvalue weighted by molar-refractivity contribution is 6.37. The number of anilines is 1. The lowest BCUT2D eigenvalue weighted by Crippen LogP contribution is -2.12. The highest BCUT2D eigenvalue weighted by Crippen LogP contribution is 2.38. The van der Waals surface area contributed by atoms with Crippen molar-refractivity contribution in [2.24, 2.45) is 0 Å². The summed E-state index contributed by atoms with van der Waals surface area (Å²) in [4.78, 5) is 12.4. The Kier molecular flexibility index (Phi) is 5.51. The van der Waals surface area contributed by atoms with Gasteiger partial charge in [0.05, 0.1) is 27.2 Å². The van der Waals surface area contributed by atoms with Gasteiger partial charge < -0.3 is 15.2 Å². The highest BCUT2D eigenvalue weighted by Gasteiger charge is 2.16. The van der Waals surface area contributed by atoms with Gasteiger partial charge in [0, 0.05) is 5.69 Å². The molecular formula is C20H12Cl2N2O3. The number of benzene rings is 3. The summed E-state index contributed by atoms with van der Waals surface area (Å²) in [7, 11) is 0. The number of carbonyl (C=O) groups is 1. The molecule has 0 aliphatic heterocycles. The van der Waals surface area contributed by atoms with E-state index in [4.69, 9.17) is 33.2 Å². The number of aromatic hydroxyl groups is 1. The van der Waals surface area contributed by atoms with Crippen molar-refractivity contribution in [1.82, 2.24) is 0 Å². The molecule has 3 rings (SSSR count). The van der Waals surface area contributed by atoms with E-state index >= 15 is 0 Å². The Morgan fingerprint density at radius 1 is 1.04 bits per heavy atom. The maximum Gasteiger partial charge on any atom is 0.259 e. The number of phenols is 1. The number of para-hydroxylation sites is 1. The molecule has 3 aromatic carbocycles. The predicted molar refractivity (Wildman–Crippen MR) is 104 cm³/mol. The minimum atomic E-state index is -0.499. The van der Waals surface area contributed by atoms with Gasteiger partial charge in [-0.3, -0.25) is 4.79 Å². The van der Waals surface area contributed by atoms with Crippen LogP contribution in [0.4, 0.5) is 5.69 Å². The van der Waals surface area contributed by atoms with E-state index in [0.717, 1.165) is 0 Å². The number of hydrogen-bond acceptors (Lipinski definition) is 4. The number of nitrogens with zero attached hydrogens (tertiary/aromatic N) is 1. The summed E-state index contributed by atoms with van der Waals surface area (Å²) in [6, 6.07) is 17.8. The summed E-state index contributed by atoms with van der Waals surface area (Å²) >= 11 is 12.2. The molecule has 0 aromatic heterocycles. The lowest BCUT2D eigenvalue weighted by Gasteiger charge is -2.12. The first kappa shape index (κ1) is 18.6. The van der Waals surface area contributed by atoms with E-state index in [1.54, 1.807) is 24.3 Å². The van der Waals surface area contributed by atoms with Gasteiger partial charge in [0.2, 0.25) is 0 Å². The molecule has 134 valence electrons. The first-order chi connectivity index (χ1) is 13.0. The maximum absolute atomic E-state index is 12.4. The Hall–Kier alpha value is -3.20. The smallest absolute Gasteiger partial charge is 0.259 e. The molecule has 0 radical (unpaired) electrons. The normalized spacial score (nSPS) is 10.1. The maximum atomic E-state index is 12.4. The Balaban J connectivity index is 1.88. The van der Waals surface area contributed by atoms with E-state index in [-0.39, 0.29) is 32.9 Å². The second-order valence-corrected chi connectivity index (χ2v) is 6.30. The summed E-state index contributed by atoms with van der Waals surface area (Å²) < 4.78 is 5.67. The zero-order chi connectivity index (χ0) is 19.4. The zero-order valence-electron chi connectivity index (χ0n) is 13.7. The summed E-state index contributed by atoms with van der Waals surface area (Å²) in [6.07, 6.45) is 0. The molecule has 0 aliphatic rings. The lowest BCUT2D eigenvalue weighted by molar-refractivity contribution is 0.102. The highest BCUT2D eigenvalue weighted by atomic mass is 35.5. The fourth-order valence-corrected chi connectivity index (χ4v) is 2.88. The van der Waals surface area contributed by atoms with Crippen molar-refractivity contribution in [3.63, 3.8) is 0 Å². The molecule has 0 atom stereocenters. The van der Waals surface area contributed by atoms with E-state index in [9.17, 15) is 9.90 Å². The van der Waals surface area contributed by atoms with Crippen LogP contribution in [0.2, 0.25) is 10.0 Å². The third-order valence-electron chi connectivity index (χ3n) is 3.59. The second kappa shape index (κ2) is 8.00. The zero-order valence-corrected chi connectivity index (χ0v) is 15.3. The molecule has 0 bridgehead atoms. The first-order valence-corrected chi connectivity index (χ1v) is 8.50.